The average Bonchev–Trinajstić information content (AvgIpc) is 2.35. The summed E-state index contributed by atoms with van der Waals surface area (Å²) in [5.41, 5.74) is -0.581. The minimum Gasteiger partial charge on any atom is -0.479 e. The van der Waals surface area contributed by atoms with Gasteiger partial charge in [-0.25, -0.2) is 4.79 Å². The number of benzene rings is 1. The Kier molecular flexibility index (Phi) is 4.44. The number of aliphatic carboxylic acids is 1. The zero-order chi connectivity index (χ0) is 13.8. The fourth-order valence-electron chi connectivity index (χ4n) is 1.47. The Hall–Kier alpha value is -1.88. The number of hydrogen-bond acceptors (Lipinski definition) is 3. The molecule has 18 heavy (non-hydrogen) atoms. The van der Waals surface area contributed by atoms with E-state index in [0.717, 1.165) is 12.5 Å². The number of aliphatic hydroxyl groups is 1. The van der Waals surface area contributed by atoms with E-state index < -0.39 is 11.6 Å². The third-order valence-electron chi connectivity index (χ3n) is 2.70. The zero-order valence-corrected chi connectivity index (χ0v) is 10.4. The zero-order valence-electron chi connectivity index (χ0n) is 10.4. The standard InChI is InChI=1S/C13H17NO4/c1-3-9-6-4-5-7-10(9)11(15)14-8-13(2,18)12(16)17/h4-7,18H,3,8H2,1-2H3,(H,14,15)(H,16,17). The van der Waals surface area contributed by atoms with Gasteiger partial charge in [-0.1, -0.05) is 25.1 Å². The second-order valence-corrected chi connectivity index (χ2v) is 4.27. The molecule has 98 valence electrons. The van der Waals surface area contributed by atoms with Crippen molar-refractivity contribution in [3.05, 3.63) is 35.4 Å². The molecule has 1 rings (SSSR count). The highest BCUT2D eigenvalue weighted by Gasteiger charge is 2.30. The Morgan fingerprint density at radius 2 is 1.94 bits per heavy atom. The van der Waals surface area contributed by atoms with E-state index >= 15 is 0 Å². The van der Waals surface area contributed by atoms with Gasteiger partial charge in [0.1, 0.15) is 0 Å². The van der Waals surface area contributed by atoms with Crippen LogP contribution in [0.1, 0.15) is 29.8 Å². The molecule has 1 aromatic rings. The van der Waals surface area contributed by atoms with Crippen molar-refractivity contribution >= 4 is 11.9 Å². The molecule has 0 fully saturated rings. The summed E-state index contributed by atoms with van der Waals surface area (Å²) >= 11 is 0. The Bertz CT molecular complexity index is 454. The molecule has 0 saturated carbocycles. The van der Waals surface area contributed by atoms with Crippen LogP contribution in [0.25, 0.3) is 0 Å². The predicted octanol–water partition coefficient (Wildman–Crippen LogP) is 0.814. The first-order chi connectivity index (χ1) is 8.38. The molecule has 5 nitrogen and oxygen atoms in total. The minimum atomic E-state index is -1.96. The van der Waals surface area contributed by atoms with Crippen molar-refractivity contribution in [1.29, 1.82) is 0 Å². The number of amides is 1. The molecule has 1 amide bonds. The van der Waals surface area contributed by atoms with Gasteiger partial charge in [-0.15, -0.1) is 0 Å². The molecule has 0 radical (unpaired) electrons. The third kappa shape index (κ3) is 3.30. The predicted molar refractivity (Wildman–Crippen MR) is 66.4 cm³/mol. The summed E-state index contributed by atoms with van der Waals surface area (Å²) in [5.74, 6) is -1.75. The normalized spacial score (nSPS) is 13.7. The lowest BCUT2D eigenvalue weighted by Crippen LogP contribution is -2.46. The lowest BCUT2D eigenvalue weighted by atomic mass is 10.0. The molecule has 3 N–H and O–H groups in total. The molecule has 0 aliphatic carbocycles. The largest absolute Gasteiger partial charge is 0.479 e. The van der Waals surface area contributed by atoms with Crippen molar-refractivity contribution in [1.82, 2.24) is 5.32 Å². The molecule has 0 spiro atoms. The van der Waals surface area contributed by atoms with Crippen LogP contribution in [-0.2, 0) is 11.2 Å². The Morgan fingerprint density at radius 3 is 2.50 bits per heavy atom. The molecule has 0 heterocycles. The number of carbonyl (C=O) groups excluding carboxylic acids is 1. The van der Waals surface area contributed by atoms with E-state index in [2.05, 4.69) is 5.32 Å². The van der Waals surface area contributed by atoms with E-state index in [-0.39, 0.29) is 12.5 Å². The molecule has 1 aromatic carbocycles. The van der Waals surface area contributed by atoms with E-state index in [0.29, 0.717) is 12.0 Å². The van der Waals surface area contributed by atoms with Gasteiger partial charge in [0.05, 0.1) is 6.54 Å². The van der Waals surface area contributed by atoms with Gasteiger partial charge >= 0.3 is 5.97 Å². The van der Waals surface area contributed by atoms with Gasteiger partial charge in [0.2, 0.25) is 0 Å². The summed E-state index contributed by atoms with van der Waals surface area (Å²) in [5, 5.41) is 20.6. The highest BCUT2D eigenvalue weighted by atomic mass is 16.4. The Balaban J connectivity index is 2.75. The van der Waals surface area contributed by atoms with Gasteiger partial charge in [0.25, 0.3) is 5.91 Å². The molecule has 0 aliphatic heterocycles. The average molecular weight is 251 g/mol. The number of aryl methyl sites for hydroxylation is 1. The van der Waals surface area contributed by atoms with Crippen molar-refractivity contribution in [2.75, 3.05) is 6.54 Å². The summed E-state index contributed by atoms with van der Waals surface area (Å²) < 4.78 is 0. The van der Waals surface area contributed by atoms with Crippen molar-refractivity contribution in [2.45, 2.75) is 25.9 Å². The topological polar surface area (TPSA) is 86.6 Å². The van der Waals surface area contributed by atoms with E-state index in [1.54, 1.807) is 12.1 Å². The molecular formula is C13H17NO4. The van der Waals surface area contributed by atoms with Crippen LogP contribution in [0.5, 0.6) is 0 Å². The van der Waals surface area contributed by atoms with Crippen LogP contribution in [0, 0.1) is 0 Å². The Morgan fingerprint density at radius 1 is 1.33 bits per heavy atom. The Labute approximate surface area is 105 Å². The summed E-state index contributed by atoms with van der Waals surface area (Å²) in [4.78, 5) is 22.6. The maximum absolute atomic E-state index is 11.9. The second-order valence-electron chi connectivity index (χ2n) is 4.27. The van der Waals surface area contributed by atoms with Crippen molar-refractivity contribution < 1.29 is 19.8 Å². The van der Waals surface area contributed by atoms with E-state index in [1.807, 2.05) is 19.1 Å². The first-order valence-corrected chi connectivity index (χ1v) is 5.70. The molecule has 1 unspecified atom stereocenters. The van der Waals surface area contributed by atoms with Crippen molar-refractivity contribution in [3.63, 3.8) is 0 Å². The molecule has 1 atom stereocenters. The molecule has 0 saturated heterocycles. The molecule has 0 aromatic heterocycles. The van der Waals surface area contributed by atoms with Crippen molar-refractivity contribution in [3.8, 4) is 0 Å². The van der Waals surface area contributed by atoms with Crippen LogP contribution in [0.3, 0.4) is 0 Å². The van der Waals surface area contributed by atoms with E-state index in [9.17, 15) is 14.7 Å². The molecule has 0 aliphatic rings. The first kappa shape index (κ1) is 14.2. The van der Waals surface area contributed by atoms with E-state index in [4.69, 9.17) is 5.11 Å². The summed E-state index contributed by atoms with van der Waals surface area (Å²) in [6.07, 6.45) is 0.707. The van der Waals surface area contributed by atoms with Crippen LogP contribution >= 0.6 is 0 Å². The van der Waals surface area contributed by atoms with Crippen LogP contribution in [-0.4, -0.2) is 34.2 Å². The number of carbonyl (C=O) groups is 2. The van der Waals surface area contributed by atoms with E-state index in [1.165, 1.54) is 0 Å². The fraction of sp³-hybridized carbons (Fsp3) is 0.385. The maximum Gasteiger partial charge on any atom is 0.337 e. The number of nitrogens with one attached hydrogen (secondary N) is 1. The van der Waals surface area contributed by atoms with Gasteiger partial charge in [0.15, 0.2) is 5.60 Å². The number of rotatable bonds is 5. The first-order valence-electron chi connectivity index (χ1n) is 5.70. The molecule has 5 heteroatoms. The SMILES string of the molecule is CCc1ccccc1C(=O)NCC(C)(O)C(=O)O. The van der Waals surface area contributed by atoms with Crippen LogP contribution in [0.2, 0.25) is 0 Å². The van der Waals surface area contributed by atoms with Crippen molar-refractivity contribution in [2.24, 2.45) is 0 Å². The van der Waals surface area contributed by atoms with Crippen LogP contribution in [0.4, 0.5) is 0 Å². The molecule has 0 bridgehead atoms. The minimum absolute atomic E-state index is 0.334. The monoisotopic (exact) mass is 251 g/mol. The number of hydrogen-bond donors (Lipinski definition) is 3. The number of carboxylic acids is 1. The van der Waals surface area contributed by atoms with Crippen LogP contribution in [0.15, 0.2) is 24.3 Å². The lowest BCUT2D eigenvalue weighted by molar-refractivity contribution is -0.155. The third-order valence-corrected chi connectivity index (χ3v) is 2.70. The summed E-state index contributed by atoms with van der Waals surface area (Å²) in [7, 11) is 0. The highest BCUT2D eigenvalue weighted by Crippen LogP contribution is 2.10. The molecular weight excluding hydrogens is 234 g/mol. The fourth-order valence-corrected chi connectivity index (χ4v) is 1.47. The summed E-state index contributed by atoms with van der Waals surface area (Å²) in [6, 6.07) is 7.08. The second kappa shape index (κ2) is 5.64. The van der Waals surface area contributed by atoms with Gasteiger partial charge in [-0.2, -0.15) is 0 Å². The van der Waals surface area contributed by atoms with Gasteiger partial charge < -0.3 is 15.5 Å². The number of carboxylic acid groups (broad SMARTS) is 1. The summed E-state index contributed by atoms with van der Waals surface area (Å²) in [6.45, 7) is 2.74. The van der Waals surface area contributed by atoms with Gasteiger partial charge in [-0.3, -0.25) is 4.79 Å². The maximum atomic E-state index is 11.9. The van der Waals surface area contributed by atoms with Crippen LogP contribution < -0.4 is 5.32 Å². The smallest absolute Gasteiger partial charge is 0.337 e. The van der Waals surface area contributed by atoms with Gasteiger partial charge in [-0.05, 0) is 25.0 Å². The lowest BCUT2D eigenvalue weighted by Gasteiger charge is -2.18. The quantitative estimate of drug-likeness (QED) is 0.723. The highest BCUT2D eigenvalue weighted by molar-refractivity contribution is 5.96. The van der Waals surface area contributed by atoms with Gasteiger partial charge in [0, 0.05) is 5.56 Å².